The van der Waals surface area contributed by atoms with Crippen molar-refractivity contribution in [3.05, 3.63) is 89.7 Å². The molecule has 0 radical (unpaired) electrons. The molecule has 4 aromatic rings. The first-order valence-corrected chi connectivity index (χ1v) is 10.7. The largest absolute Gasteiger partial charge is 0.497 e. The molecule has 3 aromatic carbocycles. The van der Waals surface area contributed by atoms with Crippen LogP contribution in [0.4, 0.5) is 5.69 Å². The van der Waals surface area contributed by atoms with E-state index in [9.17, 15) is 9.59 Å². The van der Waals surface area contributed by atoms with Gasteiger partial charge in [-0.25, -0.2) is 0 Å². The number of carbonyl (C=O) groups excluding carboxylic acids is 2. The maximum absolute atomic E-state index is 13.2. The zero-order valence-electron chi connectivity index (χ0n) is 19.2. The Morgan fingerprint density at radius 2 is 1.76 bits per heavy atom. The molecule has 7 heteroatoms. The lowest BCUT2D eigenvalue weighted by Gasteiger charge is -2.19. The summed E-state index contributed by atoms with van der Waals surface area (Å²) in [7, 11) is 3.10. The second-order valence-corrected chi connectivity index (χ2v) is 7.77. The van der Waals surface area contributed by atoms with E-state index in [1.807, 2.05) is 25.1 Å². The van der Waals surface area contributed by atoms with Gasteiger partial charge in [0.25, 0.3) is 5.91 Å². The molecule has 1 N–H and O–H groups in total. The fraction of sp³-hybridized carbons (Fsp3) is 0.185. The van der Waals surface area contributed by atoms with Gasteiger partial charge < -0.3 is 23.9 Å². The van der Waals surface area contributed by atoms with Crippen LogP contribution < -0.4 is 14.8 Å². The molecule has 1 unspecified atom stereocenters. The van der Waals surface area contributed by atoms with E-state index in [-0.39, 0.29) is 6.42 Å². The Bertz CT molecular complexity index is 1310. The number of rotatable bonds is 8. The molecule has 0 saturated heterocycles. The quantitative estimate of drug-likeness (QED) is 0.363. The van der Waals surface area contributed by atoms with Crippen LogP contribution in [0.15, 0.2) is 77.4 Å². The van der Waals surface area contributed by atoms with Gasteiger partial charge in [-0.3, -0.25) is 9.59 Å². The average Bonchev–Trinajstić information content (AvgIpc) is 3.24. The lowest BCUT2D eigenvalue weighted by atomic mass is 10.1. The molecule has 174 valence electrons. The van der Waals surface area contributed by atoms with Crippen LogP contribution in [0.1, 0.15) is 22.8 Å². The molecule has 0 aliphatic carbocycles. The number of aryl methyl sites for hydroxylation is 1. The monoisotopic (exact) mass is 459 g/mol. The predicted molar refractivity (Wildman–Crippen MR) is 128 cm³/mol. The number of fused-ring (bicyclic) bond motifs is 1. The van der Waals surface area contributed by atoms with E-state index in [2.05, 4.69) is 5.32 Å². The molecular formula is C27H25NO6. The zero-order valence-corrected chi connectivity index (χ0v) is 19.2. The van der Waals surface area contributed by atoms with Crippen LogP contribution in [0.25, 0.3) is 11.0 Å². The highest BCUT2D eigenvalue weighted by Crippen LogP contribution is 2.29. The minimum Gasteiger partial charge on any atom is -0.497 e. The van der Waals surface area contributed by atoms with Crippen LogP contribution in [0.3, 0.4) is 0 Å². The van der Waals surface area contributed by atoms with E-state index in [4.69, 9.17) is 18.6 Å². The van der Waals surface area contributed by atoms with E-state index < -0.39 is 18.0 Å². The van der Waals surface area contributed by atoms with Crippen LogP contribution in [0, 0.1) is 6.92 Å². The first-order valence-electron chi connectivity index (χ1n) is 10.7. The third kappa shape index (κ3) is 5.04. The summed E-state index contributed by atoms with van der Waals surface area (Å²) in [6.45, 7) is 1.91. The highest BCUT2D eigenvalue weighted by atomic mass is 16.5. The van der Waals surface area contributed by atoms with Crippen LogP contribution in [-0.4, -0.2) is 26.1 Å². The smallest absolute Gasteiger partial charge is 0.311 e. The van der Waals surface area contributed by atoms with Crippen molar-refractivity contribution in [1.29, 1.82) is 0 Å². The number of carbonyl (C=O) groups is 2. The summed E-state index contributed by atoms with van der Waals surface area (Å²) < 4.78 is 21.8. The van der Waals surface area contributed by atoms with Crippen LogP contribution in [0.5, 0.6) is 11.5 Å². The van der Waals surface area contributed by atoms with Crippen LogP contribution in [-0.2, 0) is 20.7 Å². The summed E-state index contributed by atoms with van der Waals surface area (Å²) in [5.41, 5.74) is 3.27. The molecule has 1 atom stereocenters. The number of furan rings is 1. The van der Waals surface area contributed by atoms with Gasteiger partial charge in [0, 0.05) is 22.6 Å². The Morgan fingerprint density at radius 3 is 2.50 bits per heavy atom. The standard InChI is InChI=1S/C27H25NO6/c1-17-9-12-23(32-3)22(13-17)28-27(30)26(18-7-5-4-6-8-18)34-25(29)14-19-16-33-24-15-20(31-2)10-11-21(19)24/h4-13,15-16,26H,14H2,1-3H3,(H,28,30). The maximum atomic E-state index is 13.2. The molecule has 34 heavy (non-hydrogen) atoms. The van der Waals surface area contributed by atoms with Crippen molar-refractivity contribution in [3.63, 3.8) is 0 Å². The van der Waals surface area contributed by atoms with Gasteiger partial charge in [0.1, 0.15) is 17.1 Å². The summed E-state index contributed by atoms with van der Waals surface area (Å²) in [5.74, 6) is 0.129. The SMILES string of the molecule is COc1ccc2c(CC(=O)OC(C(=O)Nc3cc(C)ccc3OC)c3ccccc3)coc2c1. The number of ether oxygens (including phenoxy) is 3. The molecule has 1 aromatic heterocycles. The lowest BCUT2D eigenvalue weighted by molar-refractivity contribution is -0.154. The summed E-state index contributed by atoms with van der Waals surface area (Å²) in [6, 6.07) is 19.7. The highest BCUT2D eigenvalue weighted by molar-refractivity contribution is 5.97. The number of hydrogen-bond donors (Lipinski definition) is 1. The van der Waals surface area contributed by atoms with E-state index in [0.29, 0.717) is 33.9 Å². The molecule has 0 saturated carbocycles. The van der Waals surface area contributed by atoms with Gasteiger partial charge >= 0.3 is 5.97 Å². The van der Waals surface area contributed by atoms with Crippen molar-refractivity contribution in [2.45, 2.75) is 19.4 Å². The van der Waals surface area contributed by atoms with Crippen molar-refractivity contribution in [3.8, 4) is 11.5 Å². The molecule has 0 fully saturated rings. The molecule has 7 nitrogen and oxygen atoms in total. The molecule has 0 spiro atoms. The molecule has 0 aliphatic heterocycles. The maximum Gasteiger partial charge on any atom is 0.311 e. The average molecular weight is 459 g/mol. The number of methoxy groups -OCH3 is 2. The van der Waals surface area contributed by atoms with Gasteiger partial charge in [-0.05, 0) is 36.8 Å². The first kappa shape index (κ1) is 22.9. The molecule has 1 heterocycles. The Kier molecular flexibility index (Phi) is 6.82. The van der Waals surface area contributed by atoms with Gasteiger partial charge in [0.2, 0.25) is 6.10 Å². The van der Waals surface area contributed by atoms with Crippen molar-refractivity contribution in [2.24, 2.45) is 0 Å². The fourth-order valence-electron chi connectivity index (χ4n) is 3.67. The molecule has 1 amide bonds. The third-order valence-corrected chi connectivity index (χ3v) is 5.40. The zero-order chi connectivity index (χ0) is 24.1. The second kappa shape index (κ2) is 10.1. The van der Waals surface area contributed by atoms with Crippen LogP contribution in [0.2, 0.25) is 0 Å². The molecule has 4 rings (SSSR count). The Morgan fingerprint density at radius 1 is 0.971 bits per heavy atom. The van der Waals surface area contributed by atoms with E-state index in [0.717, 1.165) is 10.9 Å². The first-order chi connectivity index (χ1) is 16.5. The number of benzene rings is 3. The summed E-state index contributed by atoms with van der Waals surface area (Å²) >= 11 is 0. The Balaban J connectivity index is 1.56. The molecule has 0 bridgehead atoms. The van der Waals surface area contributed by atoms with Crippen LogP contribution >= 0.6 is 0 Å². The van der Waals surface area contributed by atoms with Crippen molar-refractivity contribution < 1.29 is 28.2 Å². The van der Waals surface area contributed by atoms with Gasteiger partial charge in [0.15, 0.2) is 0 Å². The number of anilines is 1. The van der Waals surface area contributed by atoms with Gasteiger partial charge in [0.05, 0.1) is 32.6 Å². The minimum absolute atomic E-state index is 0.0519. The topological polar surface area (TPSA) is 87.0 Å². The van der Waals surface area contributed by atoms with Gasteiger partial charge in [-0.2, -0.15) is 0 Å². The van der Waals surface area contributed by atoms with E-state index in [1.165, 1.54) is 13.4 Å². The number of hydrogen-bond acceptors (Lipinski definition) is 6. The summed E-state index contributed by atoms with van der Waals surface area (Å²) in [6.07, 6.45) is 0.321. The number of nitrogens with one attached hydrogen (secondary N) is 1. The van der Waals surface area contributed by atoms with Crippen molar-refractivity contribution in [2.75, 3.05) is 19.5 Å². The second-order valence-electron chi connectivity index (χ2n) is 7.77. The third-order valence-electron chi connectivity index (χ3n) is 5.40. The Hall–Kier alpha value is -4.26. The number of esters is 1. The normalized spacial score (nSPS) is 11.6. The van der Waals surface area contributed by atoms with Gasteiger partial charge in [-0.1, -0.05) is 36.4 Å². The van der Waals surface area contributed by atoms with Crippen molar-refractivity contribution in [1.82, 2.24) is 0 Å². The highest BCUT2D eigenvalue weighted by Gasteiger charge is 2.26. The molecule has 0 aliphatic rings. The van der Waals surface area contributed by atoms with E-state index in [1.54, 1.807) is 55.6 Å². The Labute approximate surface area is 197 Å². The molecular weight excluding hydrogens is 434 g/mol. The summed E-state index contributed by atoms with van der Waals surface area (Å²) in [5, 5.41) is 3.61. The number of amides is 1. The minimum atomic E-state index is -1.14. The summed E-state index contributed by atoms with van der Waals surface area (Å²) in [4.78, 5) is 26.1. The lowest BCUT2D eigenvalue weighted by Crippen LogP contribution is -2.26. The van der Waals surface area contributed by atoms with E-state index >= 15 is 0 Å². The predicted octanol–water partition coefficient (Wildman–Crippen LogP) is 5.22. The fourth-order valence-corrected chi connectivity index (χ4v) is 3.67. The van der Waals surface area contributed by atoms with Crippen molar-refractivity contribution >= 4 is 28.5 Å². The van der Waals surface area contributed by atoms with Gasteiger partial charge in [-0.15, -0.1) is 0 Å².